The molecule has 1 heterocycles. The van der Waals surface area contributed by atoms with Crippen LogP contribution in [0.5, 0.6) is 0 Å². The van der Waals surface area contributed by atoms with Crippen molar-refractivity contribution >= 4 is 0 Å². The second-order valence-corrected chi connectivity index (χ2v) is 12.4. The summed E-state index contributed by atoms with van der Waals surface area (Å²) in [5.74, 6) is 1.78. The third-order valence-electron chi connectivity index (χ3n) is 9.55. The monoisotopic (exact) mass is 621 g/mol. The minimum atomic E-state index is -1.77. The number of hydrogen-bond acceptors (Lipinski definition) is 3. The molecule has 1 spiro atoms. The summed E-state index contributed by atoms with van der Waals surface area (Å²) in [5, 5.41) is 0. The molecular formula is C45H35N3. The number of benzene rings is 6. The Kier molecular flexibility index (Phi) is 6.05. The van der Waals surface area contributed by atoms with E-state index in [2.05, 4.69) is 36.4 Å². The summed E-state index contributed by atoms with van der Waals surface area (Å²) in [4.78, 5) is 14.9. The summed E-state index contributed by atoms with van der Waals surface area (Å²) in [6.45, 7) is 0. The molecule has 48 heavy (non-hydrogen) atoms. The number of nitrogens with zero attached hydrogens (tertiary/aromatic N) is 3. The standard InChI is InChI=1S/C45H35N3/c1-4-15-31(16-5-1)42-46-43(32-17-6-2-7-18-32)48-44(47-42)39-23-9-8-21-36(39)35-20-14-19-33(29-35)34-25-26-38-37-22-10-11-24-40(37)45(41(38)30-34)27-12-3-13-28-45/h1-2,4-11,14-26,29-30H,3,12-13,27-28H2/i27D2,28D2. The van der Waals surface area contributed by atoms with Crippen LogP contribution in [-0.4, -0.2) is 15.0 Å². The average molecular weight is 622 g/mol. The fourth-order valence-corrected chi connectivity index (χ4v) is 7.27. The lowest BCUT2D eigenvalue weighted by molar-refractivity contribution is 0.353. The van der Waals surface area contributed by atoms with E-state index < -0.39 is 18.2 Å². The van der Waals surface area contributed by atoms with Crippen molar-refractivity contribution in [2.24, 2.45) is 0 Å². The molecule has 1 aromatic heterocycles. The lowest BCUT2D eigenvalue weighted by Gasteiger charge is -2.36. The predicted octanol–water partition coefficient (Wildman–Crippen LogP) is 11.4. The molecule has 1 fully saturated rings. The van der Waals surface area contributed by atoms with Gasteiger partial charge in [-0.25, -0.2) is 15.0 Å². The Morgan fingerprint density at radius 1 is 0.375 bits per heavy atom. The van der Waals surface area contributed by atoms with Gasteiger partial charge in [-0.3, -0.25) is 0 Å². The zero-order chi connectivity index (χ0) is 35.5. The Hall–Kier alpha value is -5.67. The van der Waals surface area contributed by atoms with Gasteiger partial charge in [-0.2, -0.15) is 0 Å². The lowest BCUT2D eigenvalue weighted by atomic mass is 9.67. The number of fused-ring (bicyclic) bond motifs is 5. The van der Waals surface area contributed by atoms with Gasteiger partial charge in [-0.1, -0.05) is 159 Å². The van der Waals surface area contributed by atoms with Crippen LogP contribution in [0.15, 0.2) is 152 Å². The Morgan fingerprint density at radius 3 is 1.60 bits per heavy atom. The van der Waals surface area contributed by atoms with Crippen LogP contribution >= 0.6 is 0 Å². The van der Waals surface area contributed by atoms with Crippen LogP contribution in [0.2, 0.25) is 0 Å². The minimum Gasteiger partial charge on any atom is -0.208 e. The van der Waals surface area contributed by atoms with Crippen molar-refractivity contribution in [1.82, 2.24) is 15.0 Å². The number of hydrogen-bond donors (Lipinski definition) is 0. The van der Waals surface area contributed by atoms with Crippen molar-refractivity contribution in [3.63, 3.8) is 0 Å². The number of rotatable bonds is 5. The molecule has 0 bridgehead atoms. The molecule has 6 aromatic carbocycles. The van der Waals surface area contributed by atoms with E-state index in [1.54, 1.807) is 0 Å². The Morgan fingerprint density at radius 2 is 0.896 bits per heavy atom. The van der Waals surface area contributed by atoms with Crippen LogP contribution in [0.4, 0.5) is 0 Å². The van der Waals surface area contributed by atoms with E-state index in [0.717, 1.165) is 61.2 Å². The first kappa shape index (κ1) is 24.5. The Bertz CT molecular complexity index is 2390. The van der Waals surface area contributed by atoms with Crippen molar-refractivity contribution in [2.45, 2.75) is 37.4 Å². The van der Waals surface area contributed by atoms with Gasteiger partial charge < -0.3 is 0 Å². The molecule has 1 saturated carbocycles. The van der Waals surface area contributed by atoms with E-state index in [1.165, 1.54) is 0 Å². The second-order valence-electron chi connectivity index (χ2n) is 12.4. The highest BCUT2D eigenvalue weighted by atomic mass is 15.0. The molecule has 0 saturated heterocycles. The zero-order valence-corrected chi connectivity index (χ0v) is 26.4. The first-order valence-corrected chi connectivity index (χ1v) is 16.6. The summed E-state index contributed by atoms with van der Waals surface area (Å²) in [6.07, 6.45) is -2.40. The lowest BCUT2D eigenvalue weighted by Crippen LogP contribution is -2.28. The summed E-state index contributed by atoms with van der Waals surface area (Å²) in [5.41, 5.74) is 8.44. The molecular weight excluding hydrogens is 583 g/mol. The highest BCUT2D eigenvalue weighted by Crippen LogP contribution is 2.56. The molecule has 230 valence electrons. The maximum absolute atomic E-state index is 9.37. The quantitative estimate of drug-likeness (QED) is 0.192. The third-order valence-corrected chi connectivity index (χ3v) is 9.55. The Balaban J connectivity index is 1.18. The van der Waals surface area contributed by atoms with Gasteiger partial charge in [0.05, 0.1) is 0 Å². The van der Waals surface area contributed by atoms with Crippen LogP contribution < -0.4 is 0 Å². The third kappa shape index (κ3) is 4.86. The van der Waals surface area contributed by atoms with Gasteiger partial charge in [0.25, 0.3) is 0 Å². The molecule has 0 unspecified atom stereocenters. The maximum Gasteiger partial charge on any atom is 0.164 e. The van der Waals surface area contributed by atoms with E-state index in [9.17, 15) is 5.48 Å². The second kappa shape index (κ2) is 11.8. The van der Waals surface area contributed by atoms with Crippen LogP contribution in [0.3, 0.4) is 0 Å². The molecule has 0 aliphatic heterocycles. The summed E-state index contributed by atoms with van der Waals surface area (Å²) in [6, 6.07) is 50.4. The van der Waals surface area contributed by atoms with Crippen LogP contribution in [0.25, 0.3) is 67.5 Å². The van der Waals surface area contributed by atoms with Crippen LogP contribution in [-0.2, 0) is 5.41 Å². The van der Waals surface area contributed by atoms with E-state index in [4.69, 9.17) is 15.0 Å². The summed E-state index contributed by atoms with van der Waals surface area (Å²) >= 11 is 0. The first-order valence-electron chi connectivity index (χ1n) is 18.6. The number of aromatic nitrogens is 3. The molecule has 0 amide bonds. The molecule has 3 heteroatoms. The highest BCUT2D eigenvalue weighted by Gasteiger charge is 2.43. The van der Waals surface area contributed by atoms with Crippen LogP contribution in [0.1, 0.15) is 48.6 Å². The first-order chi connectivity index (χ1) is 25.3. The fraction of sp³-hybridized carbons (Fsp3) is 0.133. The summed E-state index contributed by atoms with van der Waals surface area (Å²) in [7, 11) is 0. The van der Waals surface area contributed by atoms with Crippen LogP contribution in [0, 0.1) is 0 Å². The molecule has 3 nitrogen and oxygen atoms in total. The fourth-order valence-electron chi connectivity index (χ4n) is 7.27. The van der Waals surface area contributed by atoms with Gasteiger partial charge in [0, 0.05) is 27.6 Å². The van der Waals surface area contributed by atoms with Gasteiger partial charge in [0.1, 0.15) is 0 Å². The Labute approximate surface area is 287 Å². The van der Waals surface area contributed by atoms with Crippen molar-refractivity contribution in [3.05, 3.63) is 163 Å². The molecule has 0 N–H and O–H groups in total. The van der Waals surface area contributed by atoms with Crippen molar-refractivity contribution < 1.29 is 5.48 Å². The summed E-state index contributed by atoms with van der Waals surface area (Å²) < 4.78 is 37.5. The van der Waals surface area contributed by atoms with Crippen molar-refractivity contribution in [1.29, 1.82) is 0 Å². The molecule has 0 atom stereocenters. The normalized spacial score (nSPS) is 17.8. The van der Waals surface area contributed by atoms with E-state index in [-0.39, 0.29) is 0 Å². The van der Waals surface area contributed by atoms with Gasteiger partial charge in [-0.05, 0) is 69.4 Å². The molecule has 0 radical (unpaired) electrons. The molecule has 2 aliphatic carbocycles. The molecule has 7 aromatic rings. The van der Waals surface area contributed by atoms with Gasteiger partial charge in [0.2, 0.25) is 0 Å². The van der Waals surface area contributed by atoms with E-state index in [1.807, 2.05) is 115 Å². The largest absolute Gasteiger partial charge is 0.208 e. The van der Waals surface area contributed by atoms with Gasteiger partial charge in [0.15, 0.2) is 17.5 Å². The molecule has 2 aliphatic rings. The maximum atomic E-state index is 9.37. The smallest absolute Gasteiger partial charge is 0.164 e. The predicted molar refractivity (Wildman–Crippen MR) is 196 cm³/mol. The van der Waals surface area contributed by atoms with Gasteiger partial charge in [-0.15, -0.1) is 0 Å². The van der Waals surface area contributed by atoms with Gasteiger partial charge >= 0.3 is 0 Å². The van der Waals surface area contributed by atoms with E-state index >= 15 is 0 Å². The van der Waals surface area contributed by atoms with E-state index in [0.29, 0.717) is 36.7 Å². The van der Waals surface area contributed by atoms with Crippen molar-refractivity contribution in [2.75, 3.05) is 0 Å². The average Bonchev–Trinajstić information content (AvgIpc) is 3.49. The molecule has 9 rings (SSSR count). The zero-order valence-electron chi connectivity index (χ0n) is 30.4. The topological polar surface area (TPSA) is 38.7 Å². The highest BCUT2D eigenvalue weighted by molar-refractivity contribution is 5.87. The SMILES string of the molecule is [2H]C1([2H])CCCC([2H])([2H])C12c1ccccc1-c1ccc(-c3cccc(-c4ccccc4-c4nc(-c5ccccc5)nc(-c5ccccc5)n4)c3)cc12. The minimum absolute atomic E-state index is 0.311. The van der Waals surface area contributed by atoms with Crippen molar-refractivity contribution in [3.8, 4) is 67.5 Å².